The average molecular weight is 356 g/mol. The molecule has 0 radical (unpaired) electrons. The zero-order chi connectivity index (χ0) is 17.7. The molecule has 134 valence electrons. The number of hydrogen-bond donors (Lipinski definition) is 1. The van der Waals surface area contributed by atoms with Crippen molar-refractivity contribution in [2.45, 2.75) is 26.7 Å². The van der Waals surface area contributed by atoms with Gasteiger partial charge in [-0.15, -0.1) is 0 Å². The molecule has 0 saturated carbocycles. The third-order valence-electron chi connectivity index (χ3n) is 4.06. The number of rotatable bonds is 7. The van der Waals surface area contributed by atoms with Crippen molar-refractivity contribution in [3.8, 4) is 5.75 Å². The molecule has 8 heteroatoms. The number of piperidine rings is 1. The summed E-state index contributed by atoms with van der Waals surface area (Å²) in [5.41, 5.74) is 0.540. The quantitative estimate of drug-likeness (QED) is 0.807. The lowest BCUT2D eigenvalue weighted by atomic mass is 10.0. The second-order valence-corrected chi connectivity index (χ2v) is 7.49. The maximum atomic E-state index is 12.9. The van der Waals surface area contributed by atoms with E-state index in [4.69, 9.17) is 9.84 Å². The first-order valence-electron chi connectivity index (χ1n) is 8.13. The van der Waals surface area contributed by atoms with Crippen LogP contribution in [0.3, 0.4) is 0 Å². The Hall–Kier alpha value is -1.80. The monoisotopic (exact) mass is 356 g/mol. The standard InChI is InChI=1S/C16H24N2O5S/c1-3-18(14-7-9-15(10-8-14)23-4-2)24(21,22)17-11-5-6-13(12-17)16(19)20/h7-10,13H,3-6,11-12H2,1-2H3,(H,19,20)/t13-/m0/s1. The molecule has 1 aliphatic rings. The van der Waals surface area contributed by atoms with Crippen molar-refractivity contribution in [3.63, 3.8) is 0 Å². The molecule has 7 nitrogen and oxygen atoms in total. The van der Waals surface area contributed by atoms with Gasteiger partial charge in [-0.1, -0.05) is 0 Å². The molecule has 1 saturated heterocycles. The van der Waals surface area contributed by atoms with Gasteiger partial charge in [-0.2, -0.15) is 12.7 Å². The van der Waals surface area contributed by atoms with Gasteiger partial charge < -0.3 is 9.84 Å². The van der Waals surface area contributed by atoms with Gasteiger partial charge in [0.05, 0.1) is 18.2 Å². The predicted octanol–water partition coefficient (Wildman–Crippen LogP) is 1.95. The predicted molar refractivity (Wildman–Crippen MR) is 91.5 cm³/mol. The molecule has 1 aliphatic heterocycles. The van der Waals surface area contributed by atoms with Crippen LogP contribution in [-0.4, -0.2) is 50.0 Å². The number of benzene rings is 1. The summed E-state index contributed by atoms with van der Waals surface area (Å²) in [4.78, 5) is 11.2. The fourth-order valence-corrected chi connectivity index (χ4v) is 4.57. The van der Waals surface area contributed by atoms with Crippen molar-refractivity contribution in [2.75, 3.05) is 30.5 Å². The van der Waals surface area contributed by atoms with Crippen molar-refractivity contribution in [1.82, 2.24) is 4.31 Å². The topological polar surface area (TPSA) is 87.2 Å². The normalized spacial score (nSPS) is 19.0. The number of anilines is 1. The summed E-state index contributed by atoms with van der Waals surface area (Å²) in [6.07, 6.45) is 1.06. The third-order valence-corrected chi connectivity index (χ3v) is 6.07. The Labute approximate surface area is 143 Å². The largest absolute Gasteiger partial charge is 0.494 e. The average Bonchev–Trinajstić information content (AvgIpc) is 2.57. The van der Waals surface area contributed by atoms with Crippen LogP contribution in [0.5, 0.6) is 5.75 Å². The van der Waals surface area contributed by atoms with E-state index in [1.807, 2.05) is 6.92 Å². The van der Waals surface area contributed by atoms with Crippen molar-refractivity contribution >= 4 is 21.9 Å². The molecule has 0 bridgehead atoms. The van der Waals surface area contributed by atoms with E-state index in [0.29, 0.717) is 37.4 Å². The molecule has 0 aromatic heterocycles. The molecule has 24 heavy (non-hydrogen) atoms. The van der Waals surface area contributed by atoms with Crippen LogP contribution in [0.1, 0.15) is 26.7 Å². The smallest absolute Gasteiger partial charge is 0.307 e. The van der Waals surface area contributed by atoms with Gasteiger partial charge in [0.1, 0.15) is 5.75 Å². The molecule has 0 aliphatic carbocycles. The molecule has 0 spiro atoms. The summed E-state index contributed by atoms with van der Waals surface area (Å²) in [7, 11) is -3.76. The van der Waals surface area contributed by atoms with Gasteiger partial charge in [0, 0.05) is 19.6 Å². The van der Waals surface area contributed by atoms with Crippen molar-refractivity contribution in [1.29, 1.82) is 0 Å². The first kappa shape index (κ1) is 18.5. The van der Waals surface area contributed by atoms with Crippen LogP contribution < -0.4 is 9.04 Å². The Morgan fingerprint density at radius 1 is 1.33 bits per heavy atom. The zero-order valence-electron chi connectivity index (χ0n) is 14.0. The van der Waals surface area contributed by atoms with Gasteiger partial charge in [-0.3, -0.25) is 9.10 Å². The number of carbonyl (C=O) groups is 1. The lowest BCUT2D eigenvalue weighted by Crippen LogP contribution is -2.49. The maximum Gasteiger partial charge on any atom is 0.307 e. The van der Waals surface area contributed by atoms with Gasteiger partial charge >= 0.3 is 16.2 Å². The fourth-order valence-electron chi connectivity index (χ4n) is 2.85. The summed E-state index contributed by atoms with van der Waals surface area (Å²) in [6.45, 7) is 4.81. The highest BCUT2D eigenvalue weighted by molar-refractivity contribution is 7.90. The van der Waals surface area contributed by atoms with Crippen LogP contribution in [0.2, 0.25) is 0 Å². The fraction of sp³-hybridized carbons (Fsp3) is 0.562. The van der Waals surface area contributed by atoms with Crippen LogP contribution in [-0.2, 0) is 15.0 Å². The van der Waals surface area contributed by atoms with Crippen molar-refractivity contribution in [3.05, 3.63) is 24.3 Å². The minimum Gasteiger partial charge on any atom is -0.494 e. The molecule has 1 heterocycles. The van der Waals surface area contributed by atoms with Crippen molar-refractivity contribution in [2.24, 2.45) is 5.92 Å². The Bertz CT molecular complexity index is 660. The Morgan fingerprint density at radius 2 is 2.00 bits per heavy atom. The molecule has 0 unspecified atom stereocenters. The first-order chi connectivity index (χ1) is 11.4. The molecule has 2 rings (SSSR count). The second kappa shape index (κ2) is 7.85. The zero-order valence-corrected chi connectivity index (χ0v) is 14.8. The number of carboxylic acid groups (broad SMARTS) is 1. The van der Waals surface area contributed by atoms with E-state index < -0.39 is 22.1 Å². The Morgan fingerprint density at radius 3 is 2.54 bits per heavy atom. The Kier molecular flexibility index (Phi) is 6.06. The number of carboxylic acids is 1. The van der Waals surface area contributed by atoms with E-state index in [1.54, 1.807) is 31.2 Å². The molecule has 1 atom stereocenters. The van der Waals surface area contributed by atoms with Gasteiger partial charge in [0.25, 0.3) is 0 Å². The molecular formula is C16H24N2O5S. The van der Waals surface area contributed by atoms with Gasteiger partial charge in [-0.25, -0.2) is 0 Å². The summed E-state index contributed by atoms with van der Waals surface area (Å²) in [6, 6.07) is 6.86. The number of hydrogen-bond acceptors (Lipinski definition) is 4. The number of nitrogens with zero attached hydrogens (tertiary/aromatic N) is 2. The SMILES string of the molecule is CCOc1ccc(N(CC)S(=O)(=O)N2CCC[C@H](C(=O)O)C2)cc1. The highest BCUT2D eigenvalue weighted by atomic mass is 32.2. The molecule has 1 aromatic carbocycles. The number of ether oxygens (including phenoxy) is 1. The summed E-state index contributed by atoms with van der Waals surface area (Å²) >= 11 is 0. The highest BCUT2D eigenvalue weighted by Gasteiger charge is 2.35. The molecule has 0 amide bonds. The van der Waals surface area contributed by atoms with E-state index in [-0.39, 0.29) is 13.1 Å². The molecular weight excluding hydrogens is 332 g/mol. The number of aliphatic carboxylic acids is 1. The van der Waals surface area contributed by atoms with Crippen molar-refractivity contribution < 1.29 is 23.1 Å². The van der Waals surface area contributed by atoms with Gasteiger partial charge in [0.2, 0.25) is 0 Å². The second-order valence-electron chi connectivity index (χ2n) is 5.63. The summed E-state index contributed by atoms with van der Waals surface area (Å²) in [5.74, 6) is -0.912. The third kappa shape index (κ3) is 3.99. The van der Waals surface area contributed by atoms with E-state index in [1.165, 1.54) is 8.61 Å². The summed E-state index contributed by atoms with van der Waals surface area (Å²) < 4.78 is 33.8. The minimum absolute atomic E-state index is 0.0190. The maximum absolute atomic E-state index is 12.9. The van der Waals surface area contributed by atoms with E-state index >= 15 is 0 Å². The van der Waals surface area contributed by atoms with Gasteiger partial charge in [-0.05, 0) is 51.0 Å². The van der Waals surface area contributed by atoms with Gasteiger partial charge in [0.15, 0.2) is 0 Å². The highest BCUT2D eigenvalue weighted by Crippen LogP contribution is 2.26. The Balaban J connectivity index is 2.22. The summed E-state index contributed by atoms with van der Waals surface area (Å²) in [5, 5.41) is 9.17. The molecule has 1 N–H and O–H groups in total. The van der Waals surface area contributed by atoms with E-state index in [0.717, 1.165) is 0 Å². The molecule has 1 fully saturated rings. The first-order valence-corrected chi connectivity index (χ1v) is 9.53. The van der Waals surface area contributed by atoms with E-state index in [9.17, 15) is 13.2 Å². The molecule has 1 aromatic rings. The van der Waals surface area contributed by atoms with Crippen LogP contribution >= 0.6 is 0 Å². The van der Waals surface area contributed by atoms with Crippen LogP contribution in [0.4, 0.5) is 5.69 Å². The minimum atomic E-state index is -3.76. The van der Waals surface area contributed by atoms with E-state index in [2.05, 4.69) is 0 Å². The lowest BCUT2D eigenvalue weighted by molar-refractivity contribution is -0.142. The van der Waals surface area contributed by atoms with Crippen LogP contribution in [0.25, 0.3) is 0 Å². The van der Waals surface area contributed by atoms with Crippen LogP contribution in [0.15, 0.2) is 24.3 Å². The van der Waals surface area contributed by atoms with Crippen LogP contribution in [0, 0.1) is 5.92 Å². The lowest BCUT2D eigenvalue weighted by Gasteiger charge is -2.34.